The number of nitrogens with zero attached hydrogens (tertiary/aromatic N) is 1. The number of hydrogen-bond acceptors (Lipinski definition) is 2. The fourth-order valence-electron chi connectivity index (χ4n) is 4.16. The van der Waals surface area contributed by atoms with Gasteiger partial charge in [-0.1, -0.05) is 115 Å². The van der Waals surface area contributed by atoms with Gasteiger partial charge in [-0.3, -0.25) is 9.59 Å². The van der Waals surface area contributed by atoms with Crippen molar-refractivity contribution in [2.75, 3.05) is 6.54 Å². The molecular weight excluding hydrogens is 468 g/mol. The minimum absolute atomic E-state index is 0.122. The zero-order valence-electron chi connectivity index (χ0n) is 20.0. The molecule has 0 radical (unpaired) electrons. The maximum Gasteiger partial charge on any atom is 0.247 e. The Morgan fingerprint density at radius 2 is 1.25 bits per heavy atom. The Hall–Kier alpha value is -3.89. The van der Waals surface area contributed by atoms with Gasteiger partial charge < -0.3 is 10.2 Å². The highest BCUT2D eigenvalue weighted by atomic mass is 35.5. The smallest absolute Gasteiger partial charge is 0.247 e. The van der Waals surface area contributed by atoms with Crippen LogP contribution in [0, 0.1) is 0 Å². The zero-order valence-corrected chi connectivity index (χ0v) is 20.8. The number of hydrogen-bond donors (Lipinski definition) is 1. The van der Waals surface area contributed by atoms with Gasteiger partial charge in [0.15, 0.2) is 0 Å². The number of amides is 2. The van der Waals surface area contributed by atoms with Gasteiger partial charge in [-0.15, -0.1) is 0 Å². The largest absolute Gasteiger partial charge is 0.354 e. The van der Waals surface area contributed by atoms with E-state index in [1.807, 2.05) is 103 Å². The lowest BCUT2D eigenvalue weighted by Crippen LogP contribution is -2.44. The standard InChI is InChI=1S/C31H29ClN2O2/c32-28-18-16-26(17-19-28)23-34(29(35)22-25-12-6-2-7-13-25)30(27-14-8-3-9-15-27)31(36)33-21-20-24-10-4-1-5-11-24/h1-19,30H,20-23H2,(H,33,36)/t30-/m1/s1. The molecule has 5 heteroatoms. The van der Waals surface area contributed by atoms with Crippen molar-refractivity contribution >= 4 is 23.4 Å². The van der Waals surface area contributed by atoms with E-state index in [1.54, 1.807) is 17.0 Å². The molecule has 0 saturated heterocycles. The molecule has 0 saturated carbocycles. The lowest BCUT2D eigenvalue weighted by molar-refractivity contribution is -0.141. The highest BCUT2D eigenvalue weighted by Crippen LogP contribution is 2.25. The summed E-state index contributed by atoms with van der Waals surface area (Å²) >= 11 is 6.09. The van der Waals surface area contributed by atoms with Gasteiger partial charge in [0.25, 0.3) is 0 Å². The molecule has 2 amide bonds. The molecule has 182 valence electrons. The van der Waals surface area contributed by atoms with Crippen molar-refractivity contribution in [1.29, 1.82) is 0 Å². The summed E-state index contributed by atoms with van der Waals surface area (Å²) in [4.78, 5) is 29.0. The van der Waals surface area contributed by atoms with Crippen LogP contribution < -0.4 is 5.32 Å². The molecule has 0 fully saturated rings. The summed E-state index contributed by atoms with van der Waals surface area (Å²) < 4.78 is 0. The molecule has 0 aromatic heterocycles. The number of halogens is 1. The molecule has 36 heavy (non-hydrogen) atoms. The average molecular weight is 497 g/mol. The first-order chi connectivity index (χ1) is 17.6. The molecule has 4 aromatic carbocycles. The van der Waals surface area contributed by atoms with Crippen LogP contribution in [0.5, 0.6) is 0 Å². The molecule has 4 nitrogen and oxygen atoms in total. The van der Waals surface area contributed by atoms with Gasteiger partial charge in [-0.25, -0.2) is 0 Å². The van der Waals surface area contributed by atoms with Crippen LogP contribution in [0.25, 0.3) is 0 Å². The van der Waals surface area contributed by atoms with Gasteiger partial charge in [0.2, 0.25) is 11.8 Å². The molecule has 4 rings (SSSR count). The van der Waals surface area contributed by atoms with Crippen molar-refractivity contribution in [3.05, 3.63) is 143 Å². The molecule has 0 bridgehead atoms. The minimum atomic E-state index is -0.770. The summed E-state index contributed by atoms with van der Waals surface area (Å²) in [6.07, 6.45) is 0.915. The number of rotatable bonds is 10. The van der Waals surface area contributed by atoms with Crippen LogP contribution in [0.2, 0.25) is 5.02 Å². The van der Waals surface area contributed by atoms with Crippen LogP contribution in [0.4, 0.5) is 0 Å². The second kappa shape index (κ2) is 12.7. The van der Waals surface area contributed by atoms with Crippen molar-refractivity contribution in [2.45, 2.75) is 25.4 Å². The van der Waals surface area contributed by atoms with Gasteiger partial charge in [-0.05, 0) is 40.8 Å². The summed E-state index contributed by atoms with van der Waals surface area (Å²) in [5, 5.41) is 3.69. The lowest BCUT2D eigenvalue weighted by Gasteiger charge is -2.32. The van der Waals surface area contributed by atoms with Crippen LogP contribution in [0.1, 0.15) is 28.3 Å². The topological polar surface area (TPSA) is 49.4 Å². The summed E-state index contributed by atoms with van der Waals surface area (Å²) in [6, 6.07) is 35.7. The number of carbonyl (C=O) groups is 2. The normalized spacial score (nSPS) is 11.5. The first kappa shape index (κ1) is 25.2. The van der Waals surface area contributed by atoms with Gasteiger partial charge >= 0.3 is 0 Å². The summed E-state index contributed by atoms with van der Waals surface area (Å²) in [7, 11) is 0. The summed E-state index contributed by atoms with van der Waals surface area (Å²) in [6.45, 7) is 0.766. The number of benzene rings is 4. The SMILES string of the molecule is O=C(NCCc1ccccc1)[C@@H](c1ccccc1)N(Cc1ccc(Cl)cc1)C(=O)Cc1ccccc1. The number of carbonyl (C=O) groups excluding carboxylic acids is 2. The van der Waals surface area contributed by atoms with Crippen molar-refractivity contribution in [1.82, 2.24) is 10.2 Å². The molecule has 0 aliphatic rings. The van der Waals surface area contributed by atoms with Crippen LogP contribution in [-0.4, -0.2) is 23.3 Å². The van der Waals surface area contributed by atoms with E-state index in [4.69, 9.17) is 11.6 Å². The lowest BCUT2D eigenvalue weighted by atomic mass is 10.0. The third kappa shape index (κ3) is 7.06. The van der Waals surface area contributed by atoms with E-state index in [9.17, 15) is 9.59 Å². The van der Waals surface area contributed by atoms with Gasteiger partial charge in [0.05, 0.1) is 6.42 Å². The van der Waals surface area contributed by atoms with Gasteiger partial charge in [0, 0.05) is 18.1 Å². The fraction of sp³-hybridized carbons (Fsp3) is 0.161. The van der Waals surface area contributed by atoms with E-state index in [-0.39, 0.29) is 24.8 Å². The number of nitrogens with one attached hydrogen (secondary N) is 1. The van der Waals surface area contributed by atoms with E-state index < -0.39 is 6.04 Å². The maximum atomic E-state index is 13.7. The van der Waals surface area contributed by atoms with Crippen LogP contribution in [0.15, 0.2) is 115 Å². The molecule has 0 aliphatic carbocycles. The maximum absolute atomic E-state index is 13.7. The van der Waals surface area contributed by atoms with Crippen molar-refractivity contribution in [2.24, 2.45) is 0 Å². The Labute approximate surface area is 217 Å². The molecular formula is C31H29ClN2O2. The monoisotopic (exact) mass is 496 g/mol. The Kier molecular flexibility index (Phi) is 8.90. The predicted molar refractivity (Wildman–Crippen MR) is 144 cm³/mol. The van der Waals surface area contributed by atoms with Crippen LogP contribution in [0.3, 0.4) is 0 Å². The fourth-order valence-corrected chi connectivity index (χ4v) is 4.29. The molecule has 1 atom stereocenters. The molecule has 0 unspecified atom stereocenters. The third-order valence-corrected chi connectivity index (χ3v) is 6.27. The second-order valence-electron chi connectivity index (χ2n) is 8.65. The second-order valence-corrected chi connectivity index (χ2v) is 9.09. The van der Waals surface area contributed by atoms with Crippen LogP contribution in [-0.2, 0) is 29.0 Å². The molecule has 0 aliphatic heterocycles. The van der Waals surface area contributed by atoms with E-state index >= 15 is 0 Å². The van der Waals surface area contributed by atoms with Crippen molar-refractivity contribution in [3.63, 3.8) is 0 Å². The average Bonchev–Trinajstić information content (AvgIpc) is 2.91. The molecule has 4 aromatic rings. The Bertz CT molecular complexity index is 1250. The molecule has 0 spiro atoms. The van der Waals surface area contributed by atoms with E-state index in [2.05, 4.69) is 5.32 Å². The summed E-state index contributed by atoms with van der Waals surface area (Å²) in [5.41, 5.74) is 3.72. The first-order valence-corrected chi connectivity index (χ1v) is 12.4. The van der Waals surface area contributed by atoms with E-state index in [0.717, 1.165) is 22.3 Å². The van der Waals surface area contributed by atoms with E-state index in [0.29, 0.717) is 18.0 Å². The Balaban J connectivity index is 1.62. The molecule has 0 heterocycles. The highest BCUT2D eigenvalue weighted by Gasteiger charge is 2.31. The Morgan fingerprint density at radius 3 is 1.86 bits per heavy atom. The Morgan fingerprint density at radius 1 is 0.694 bits per heavy atom. The predicted octanol–water partition coefficient (Wildman–Crippen LogP) is 6.01. The molecule has 1 N–H and O–H groups in total. The third-order valence-electron chi connectivity index (χ3n) is 6.02. The van der Waals surface area contributed by atoms with Crippen LogP contribution >= 0.6 is 11.6 Å². The van der Waals surface area contributed by atoms with Crippen molar-refractivity contribution < 1.29 is 9.59 Å². The quantitative estimate of drug-likeness (QED) is 0.292. The zero-order chi connectivity index (χ0) is 25.2. The highest BCUT2D eigenvalue weighted by molar-refractivity contribution is 6.30. The minimum Gasteiger partial charge on any atom is -0.354 e. The van der Waals surface area contributed by atoms with E-state index in [1.165, 1.54) is 0 Å². The summed E-state index contributed by atoms with van der Waals surface area (Å²) in [5.74, 6) is -0.323. The first-order valence-electron chi connectivity index (χ1n) is 12.0. The van der Waals surface area contributed by atoms with Crippen molar-refractivity contribution in [3.8, 4) is 0 Å². The van der Waals surface area contributed by atoms with Gasteiger partial charge in [-0.2, -0.15) is 0 Å². The van der Waals surface area contributed by atoms with Gasteiger partial charge in [0.1, 0.15) is 6.04 Å².